The molecule has 3 rings (SSSR count). The number of likely N-dealkylation sites (tertiary alicyclic amines) is 1. The van der Waals surface area contributed by atoms with Crippen molar-refractivity contribution in [2.24, 2.45) is 5.92 Å². The number of carbonyl (C=O) groups is 1. The van der Waals surface area contributed by atoms with E-state index in [1.807, 2.05) is 35.4 Å². The van der Waals surface area contributed by atoms with E-state index in [9.17, 15) is 9.90 Å². The Balaban J connectivity index is 1.98. The fourth-order valence-corrected chi connectivity index (χ4v) is 2.97. The van der Waals surface area contributed by atoms with Gasteiger partial charge in [-0.1, -0.05) is 13.0 Å². The number of aliphatic hydroxyl groups is 1. The first-order chi connectivity index (χ1) is 9.22. The van der Waals surface area contributed by atoms with Gasteiger partial charge in [-0.3, -0.25) is 4.79 Å². The van der Waals surface area contributed by atoms with E-state index in [0.29, 0.717) is 11.5 Å². The van der Waals surface area contributed by atoms with E-state index in [0.717, 1.165) is 23.9 Å². The van der Waals surface area contributed by atoms with Crippen molar-refractivity contribution in [3.8, 4) is 0 Å². The molecule has 2 heterocycles. The standard InChI is InChI=1S/C15H18N2O2/c1-10-6-8-17(14(10)9-18)15(19)12-3-2-4-13-11(12)5-7-16-13/h2-5,7,10,14,16,18H,6,8-9H2,1H3. The highest BCUT2D eigenvalue weighted by Gasteiger charge is 2.34. The van der Waals surface area contributed by atoms with E-state index >= 15 is 0 Å². The summed E-state index contributed by atoms with van der Waals surface area (Å²) in [5, 5.41) is 10.4. The molecule has 1 aliphatic heterocycles. The average molecular weight is 258 g/mol. The number of carbonyl (C=O) groups excluding carboxylic acids is 1. The predicted molar refractivity (Wildman–Crippen MR) is 74.0 cm³/mol. The Labute approximate surface area is 112 Å². The smallest absolute Gasteiger partial charge is 0.254 e. The first-order valence-corrected chi connectivity index (χ1v) is 6.70. The summed E-state index contributed by atoms with van der Waals surface area (Å²) in [6.45, 7) is 2.85. The number of H-pyrrole nitrogens is 1. The molecule has 2 aromatic rings. The van der Waals surface area contributed by atoms with Crippen LogP contribution in [-0.2, 0) is 0 Å². The number of hydrogen-bond donors (Lipinski definition) is 2. The molecule has 1 aliphatic rings. The van der Waals surface area contributed by atoms with Crippen molar-refractivity contribution in [1.82, 2.24) is 9.88 Å². The van der Waals surface area contributed by atoms with Crippen LogP contribution in [-0.4, -0.2) is 40.1 Å². The van der Waals surface area contributed by atoms with Crippen LogP contribution in [0.25, 0.3) is 10.9 Å². The fraction of sp³-hybridized carbons (Fsp3) is 0.400. The maximum absolute atomic E-state index is 12.7. The molecule has 1 fully saturated rings. The van der Waals surface area contributed by atoms with Gasteiger partial charge in [-0.25, -0.2) is 0 Å². The van der Waals surface area contributed by atoms with Gasteiger partial charge in [0.1, 0.15) is 0 Å². The summed E-state index contributed by atoms with van der Waals surface area (Å²) in [5.74, 6) is 0.382. The molecule has 1 amide bonds. The number of aromatic nitrogens is 1. The number of nitrogens with one attached hydrogen (secondary N) is 1. The fourth-order valence-electron chi connectivity index (χ4n) is 2.97. The van der Waals surface area contributed by atoms with Crippen LogP contribution < -0.4 is 0 Å². The second-order valence-electron chi connectivity index (χ2n) is 5.26. The number of fused-ring (bicyclic) bond motifs is 1. The normalized spacial score (nSPS) is 23.2. The van der Waals surface area contributed by atoms with E-state index in [-0.39, 0.29) is 18.6 Å². The lowest BCUT2D eigenvalue weighted by Gasteiger charge is -2.25. The summed E-state index contributed by atoms with van der Waals surface area (Å²) >= 11 is 0. The van der Waals surface area contributed by atoms with Crippen LogP contribution in [0.1, 0.15) is 23.7 Å². The Kier molecular flexibility index (Phi) is 3.03. The van der Waals surface area contributed by atoms with Crippen molar-refractivity contribution in [2.75, 3.05) is 13.2 Å². The molecule has 2 N–H and O–H groups in total. The average Bonchev–Trinajstić information content (AvgIpc) is 3.03. The number of nitrogens with zero attached hydrogens (tertiary/aromatic N) is 1. The van der Waals surface area contributed by atoms with Gasteiger partial charge in [-0.2, -0.15) is 0 Å². The van der Waals surface area contributed by atoms with E-state index in [2.05, 4.69) is 11.9 Å². The molecule has 4 heteroatoms. The van der Waals surface area contributed by atoms with Crippen molar-refractivity contribution in [3.63, 3.8) is 0 Å². The van der Waals surface area contributed by atoms with Gasteiger partial charge in [0.05, 0.1) is 12.6 Å². The Bertz CT molecular complexity index is 605. The van der Waals surface area contributed by atoms with E-state index < -0.39 is 0 Å². The molecule has 4 nitrogen and oxygen atoms in total. The molecule has 1 aromatic carbocycles. The van der Waals surface area contributed by atoms with E-state index in [1.165, 1.54) is 0 Å². The van der Waals surface area contributed by atoms with Gasteiger partial charge in [0.2, 0.25) is 0 Å². The first-order valence-electron chi connectivity index (χ1n) is 6.70. The second-order valence-corrected chi connectivity index (χ2v) is 5.26. The zero-order valence-electron chi connectivity index (χ0n) is 11.0. The van der Waals surface area contributed by atoms with Gasteiger partial charge in [0.15, 0.2) is 0 Å². The highest BCUT2D eigenvalue weighted by molar-refractivity contribution is 6.06. The minimum absolute atomic E-state index is 0.0219. The van der Waals surface area contributed by atoms with Crippen LogP contribution >= 0.6 is 0 Å². The zero-order valence-corrected chi connectivity index (χ0v) is 11.0. The molecular weight excluding hydrogens is 240 g/mol. The number of aromatic amines is 1. The van der Waals surface area contributed by atoms with Crippen molar-refractivity contribution >= 4 is 16.8 Å². The highest BCUT2D eigenvalue weighted by atomic mass is 16.3. The lowest BCUT2D eigenvalue weighted by molar-refractivity contribution is 0.0650. The third-order valence-corrected chi connectivity index (χ3v) is 4.16. The molecule has 2 atom stereocenters. The zero-order chi connectivity index (χ0) is 13.4. The van der Waals surface area contributed by atoms with Crippen LogP contribution in [0.5, 0.6) is 0 Å². The van der Waals surface area contributed by atoms with Gasteiger partial charge in [-0.15, -0.1) is 0 Å². The SMILES string of the molecule is CC1CCN(C(=O)c2cccc3[nH]ccc23)C1CO. The molecule has 0 aliphatic carbocycles. The molecule has 0 radical (unpaired) electrons. The van der Waals surface area contributed by atoms with Gasteiger partial charge >= 0.3 is 0 Å². The molecule has 1 aromatic heterocycles. The van der Waals surface area contributed by atoms with Crippen LogP contribution in [0.4, 0.5) is 0 Å². The quantitative estimate of drug-likeness (QED) is 0.865. The van der Waals surface area contributed by atoms with Gasteiger partial charge in [-0.05, 0) is 30.5 Å². The molecule has 0 saturated carbocycles. The van der Waals surface area contributed by atoms with Gasteiger partial charge in [0.25, 0.3) is 5.91 Å². The molecule has 19 heavy (non-hydrogen) atoms. The van der Waals surface area contributed by atoms with Crippen molar-refractivity contribution < 1.29 is 9.90 Å². The molecule has 0 spiro atoms. The van der Waals surface area contributed by atoms with E-state index in [4.69, 9.17) is 0 Å². The summed E-state index contributed by atoms with van der Waals surface area (Å²) in [4.78, 5) is 17.6. The molecule has 100 valence electrons. The third kappa shape index (κ3) is 1.92. The largest absolute Gasteiger partial charge is 0.394 e. The topological polar surface area (TPSA) is 56.3 Å². The van der Waals surface area contributed by atoms with Gasteiger partial charge < -0.3 is 15.0 Å². The highest BCUT2D eigenvalue weighted by Crippen LogP contribution is 2.27. The molecule has 1 saturated heterocycles. The summed E-state index contributed by atoms with van der Waals surface area (Å²) in [7, 11) is 0. The van der Waals surface area contributed by atoms with E-state index in [1.54, 1.807) is 0 Å². The predicted octanol–water partition coefficient (Wildman–Crippen LogP) is 2.01. The minimum atomic E-state index is -0.0540. The number of benzene rings is 1. The van der Waals surface area contributed by atoms with Crippen LogP contribution in [0.15, 0.2) is 30.5 Å². The Morgan fingerprint density at radius 3 is 3.11 bits per heavy atom. The molecular formula is C15H18N2O2. The Morgan fingerprint density at radius 2 is 2.32 bits per heavy atom. The van der Waals surface area contributed by atoms with Crippen molar-refractivity contribution in [3.05, 3.63) is 36.0 Å². The summed E-state index contributed by atoms with van der Waals surface area (Å²) in [6.07, 6.45) is 2.80. The minimum Gasteiger partial charge on any atom is -0.394 e. The second kappa shape index (κ2) is 4.70. The van der Waals surface area contributed by atoms with Crippen LogP contribution in [0.3, 0.4) is 0 Å². The van der Waals surface area contributed by atoms with Crippen LogP contribution in [0, 0.1) is 5.92 Å². The van der Waals surface area contributed by atoms with Crippen molar-refractivity contribution in [2.45, 2.75) is 19.4 Å². The number of hydrogen-bond acceptors (Lipinski definition) is 2. The van der Waals surface area contributed by atoms with Crippen LogP contribution in [0.2, 0.25) is 0 Å². The lowest BCUT2D eigenvalue weighted by Crippen LogP contribution is -2.39. The monoisotopic (exact) mass is 258 g/mol. The molecule has 2 unspecified atom stereocenters. The summed E-state index contributed by atoms with van der Waals surface area (Å²) in [6, 6.07) is 7.58. The number of aliphatic hydroxyl groups excluding tert-OH is 1. The Hall–Kier alpha value is -1.81. The van der Waals surface area contributed by atoms with Gasteiger partial charge in [0, 0.05) is 29.2 Å². The maximum Gasteiger partial charge on any atom is 0.254 e. The third-order valence-electron chi connectivity index (χ3n) is 4.16. The summed E-state index contributed by atoms with van der Waals surface area (Å²) < 4.78 is 0. The van der Waals surface area contributed by atoms with Crippen molar-refractivity contribution in [1.29, 1.82) is 0 Å². The number of amides is 1. The molecule has 0 bridgehead atoms. The first kappa shape index (κ1) is 12.2. The lowest BCUT2D eigenvalue weighted by atomic mass is 10.0. The Morgan fingerprint density at radius 1 is 1.47 bits per heavy atom. The maximum atomic E-state index is 12.7. The number of rotatable bonds is 2. The summed E-state index contributed by atoms with van der Waals surface area (Å²) in [5.41, 5.74) is 1.69.